The molecule has 0 aromatic heterocycles. The van der Waals surface area contributed by atoms with Gasteiger partial charge in [-0.2, -0.15) is 10.8 Å². The zero-order valence-corrected chi connectivity index (χ0v) is 19.4. The van der Waals surface area contributed by atoms with Gasteiger partial charge < -0.3 is 9.64 Å². The average molecular weight is 443 g/mol. The molecular weight excluding hydrogens is 410 g/mol. The Hall–Kier alpha value is -3.06. The van der Waals surface area contributed by atoms with Crippen molar-refractivity contribution in [2.24, 2.45) is 27.7 Å². The zero-order chi connectivity index (χ0) is 22.8. The van der Waals surface area contributed by atoms with Gasteiger partial charge in [-0.3, -0.25) is 4.99 Å². The molecule has 2 aromatic carbocycles. The van der Waals surface area contributed by atoms with Crippen LogP contribution in [0.1, 0.15) is 31.2 Å². The molecule has 6 nitrogen and oxygen atoms in total. The SMILES string of the molecule is CN(C)CC1CCC(C2=C3C=NC=C[N+]3(N)C(c3ccc(Oc4ccccc4)cc3)=N2)CC1. The molecule has 0 radical (unpaired) electrons. The fourth-order valence-electron chi connectivity index (χ4n) is 5.14. The highest BCUT2D eigenvalue weighted by Crippen LogP contribution is 2.41. The molecule has 1 atom stereocenters. The van der Waals surface area contributed by atoms with Crippen LogP contribution < -0.4 is 10.6 Å². The summed E-state index contributed by atoms with van der Waals surface area (Å²) >= 11 is 0. The lowest BCUT2D eigenvalue weighted by Gasteiger charge is -2.30. The van der Waals surface area contributed by atoms with Crippen molar-refractivity contribution in [3.63, 3.8) is 0 Å². The summed E-state index contributed by atoms with van der Waals surface area (Å²) in [6, 6.07) is 17.8. The van der Waals surface area contributed by atoms with Crippen LogP contribution in [0.25, 0.3) is 0 Å². The number of allylic oxidation sites excluding steroid dienone is 2. The van der Waals surface area contributed by atoms with Gasteiger partial charge in [0, 0.05) is 12.5 Å². The van der Waals surface area contributed by atoms with E-state index in [1.165, 1.54) is 12.8 Å². The van der Waals surface area contributed by atoms with Crippen LogP contribution in [-0.4, -0.2) is 42.2 Å². The van der Waals surface area contributed by atoms with E-state index in [1.807, 2.05) is 67.0 Å². The van der Waals surface area contributed by atoms with Crippen molar-refractivity contribution >= 4 is 12.1 Å². The summed E-state index contributed by atoms with van der Waals surface area (Å²) in [4.78, 5) is 11.8. The molecule has 2 heterocycles. The standard InChI is InChI=1S/C27H32N5O/c1-31(2)19-20-8-10-21(11-9-20)26-25-18-29-16-17-32(25,28)27(30-26)22-12-14-24(15-13-22)33-23-6-4-3-5-7-23/h3-7,12-18,20-21H,8-11,19,28H2,1-2H3/q+1. The first-order valence-corrected chi connectivity index (χ1v) is 11.7. The molecule has 170 valence electrons. The number of benzene rings is 2. The summed E-state index contributed by atoms with van der Waals surface area (Å²) in [7, 11) is 4.32. The van der Waals surface area contributed by atoms with Gasteiger partial charge in [-0.15, -0.1) is 4.59 Å². The van der Waals surface area contributed by atoms with E-state index in [2.05, 4.69) is 24.0 Å². The fraction of sp³-hybridized carbons (Fsp3) is 0.333. The first-order valence-electron chi connectivity index (χ1n) is 11.7. The number of fused-ring (bicyclic) bond motifs is 1. The molecule has 5 rings (SSSR count). The summed E-state index contributed by atoms with van der Waals surface area (Å²) in [5.41, 5.74) is 3.09. The van der Waals surface area contributed by atoms with Crippen molar-refractivity contribution < 1.29 is 9.33 Å². The quantitative estimate of drug-likeness (QED) is 0.502. The van der Waals surface area contributed by atoms with E-state index in [9.17, 15) is 0 Å². The Balaban J connectivity index is 1.38. The van der Waals surface area contributed by atoms with Gasteiger partial charge in [0.2, 0.25) is 5.70 Å². The molecule has 0 bridgehead atoms. The summed E-state index contributed by atoms with van der Waals surface area (Å²) in [5, 5.41) is 0. The smallest absolute Gasteiger partial charge is 0.264 e. The number of quaternary nitrogens is 1. The maximum atomic E-state index is 6.93. The number of hydrogen-bond acceptors (Lipinski definition) is 5. The fourth-order valence-corrected chi connectivity index (χ4v) is 5.14. The van der Waals surface area contributed by atoms with Crippen LogP contribution in [0.15, 0.2) is 88.4 Å². The molecule has 1 unspecified atom stereocenters. The molecule has 0 amide bonds. The Labute approximate surface area is 196 Å². The lowest BCUT2D eigenvalue weighted by atomic mass is 9.80. The molecule has 0 saturated heterocycles. The van der Waals surface area contributed by atoms with Crippen molar-refractivity contribution in [3.8, 4) is 11.5 Å². The topological polar surface area (TPSA) is 63.2 Å². The van der Waals surface area contributed by atoms with Crippen molar-refractivity contribution in [3.05, 3.63) is 84.0 Å². The predicted molar refractivity (Wildman–Crippen MR) is 133 cm³/mol. The monoisotopic (exact) mass is 442 g/mol. The van der Waals surface area contributed by atoms with Crippen molar-refractivity contribution in [2.45, 2.75) is 25.7 Å². The van der Waals surface area contributed by atoms with E-state index in [0.29, 0.717) is 5.92 Å². The summed E-state index contributed by atoms with van der Waals surface area (Å²) in [6.45, 7) is 1.16. The van der Waals surface area contributed by atoms with Gasteiger partial charge in [0.05, 0.1) is 18.0 Å². The second-order valence-electron chi connectivity index (χ2n) is 9.48. The molecule has 2 N–H and O–H groups in total. The van der Waals surface area contributed by atoms with Crippen molar-refractivity contribution in [1.82, 2.24) is 4.90 Å². The number of nitrogens with two attached hydrogens (primary N) is 1. The van der Waals surface area contributed by atoms with Gasteiger partial charge in [-0.05, 0) is 82.1 Å². The van der Waals surface area contributed by atoms with Crippen LogP contribution in [0.4, 0.5) is 0 Å². The molecule has 33 heavy (non-hydrogen) atoms. The van der Waals surface area contributed by atoms with E-state index in [0.717, 1.165) is 59.6 Å². The van der Waals surface area contributed by atoms with Gasteiger partial charge in [0.1, 0.15) is 23.4 Å². The normalized spacial score (nSPS) is 26.5. The third-order valence-electron chi connectivity index (χ3n) is 6.77. The Morgan fingerprint density at radius 3 is 2.36 bits per heavy atom. The Morgan fingerprint density at radius 2 is 1.67 bits per heavy atom. The van der Waals surface area contributed by atoms with Crippen LogP contribution in [-0.2, 0) is 0 Å². The average Bonchev–Trinajstić information content (AvgIpc) is 3.13. The first-order chi connectivity index (χ1) is 16.0. The lowest BCUT2D eigenvalue weighted by Crippen LogP contribution is -2.53. The Bertz CT molecular complexity index is 1110. The van der Waals surface area contributed by atoms with Crippen molar-refractivity contribution in [1.29, 1.82) is 0 Å². The first kappa shape index (κ1) is 21.8. The second kappa shape index (κ2) is 9.06. The van der Waals surface area contributed by atoms with Crippen LogP contribution in [0, 0.1) is 11.8 Å². The van der Waals surface area contributed by atoms with E-state index in [1.54, 1.807) is 6.20 Å². The van der Waals surface area contributed by atoms with E-state index in [-0.39, 0.29) is 4.59 Å². The molecule has 6 heteroatoms. The van der Waals surface area contributed by atoms with Crippen molar-refractivity contribution in [2.75, 3.05) is 20.6 Å². The number of hydrogen-bond donors (Lipinski definition) is 1. The molecular formula is C27H32N5O+. The van der Waals surface area contributed by atoms with E-state index < -0.39 is 0 Å². The minimum atomic E-state index is 0.0787. The minimum absolute atomic E-state index is 0.0787. The summed E-state index contributed by atoms with van der Waals surface area (Å²) < 4.78 is 6.03. The summed E-state index contributed by atoms with van der Waals surface area (Å²) in [6.07, 6.45) is 10.3. The third-order valence-corrected chi connectivity index (χ3v) is 6.77. The largest absolute Gasteiger partial charge is 0.457 e. The maximum absolute atomic E-state index is 6.93. The number of para-hydroxylation sites is 1. The second-order valence-corrected chi connectivity index (χ2v) is 9.48. The number of nitrogens with zero attached hydrogens (tertiary/aromatic N) is 4. The minimum Gasteiger partial charge on any atom is -0.457 e. The van der Waals surface area contributed by atoms with Crippen LogP contribution in [0.2, 0.25) is 0 Å². The Morgan fingerprint density at radius 1 is 0.970 bits per heavy atom. The molecule has 2 aromatic rings. The van der Waals surface area contributed by atoms with E-state index in [4.69, 9.17) is 15.6 Å². The number of ether oxygens (including phenoxy) is 1. The van der Waals surface area contributed by atoms with Gasteiger partial charge in [-0.25, -0.2) is 0 Å². The van der Waals surface area contributed by atoms with Crippen LogP contribution in [0.3, 0.4) is 0 Å². The van der Waals surface area contributed by atoms with Gasteiger partial charge in [0.15, 0.2) is 0 Å². The van der Waals surface area contributed by atoms with Crippen LogP contribution >= 0.6 is 0 Å². The lowest BCUT2D eigenvalue weighted by molar-refractivity contribution is -0.750. The van der Waals surface area contributed by atoms with Gasteiger partial charge in [-0.1, -0.05) is 18.2 Å². The molecule has 1 aliphatic carbocycles. The zero-order valence-electron chi connectivity index (χ0n) is 19.4. The third kappa shape index (κ3) is 4.42. The molecule has 1 fully saturated rings. The van der Waals surface area contributed by atoms with E-state index >= 15 is 0 Å². The molecule has 1 saturated carbocycles. The van der Waals surface area contributed by atoms with Crippen LogP contribution in [0.5, 0.6) is 11.5 Å². The highest BCUT2D eigenvalue weighted by atomic mass is 16.5. The number of amidine groups is 1. The van der Waals surface area contributed by atoms with Gasteiger partial charge in [0.25, 0.3) is 5.84 Å². The molecule has 3 aliphatic rings. The molecule has 0 spiro atoms. The maximum Gasteiger partial charge on any atom is 0.264 e. The highest BCUT2D eigenvalue weighted by molar-refractivity contribution is 6.00. The van der Waals surface area contributed by atoms with Gasteiger partial charge >= 0.3 is 0 Å². The molecule has 2 aliphatic heterocycles. The highest BCUT2D eigenvalue weighted by Gasteiger charge is 2.46. The number of rotatable bonds is 6. The summed E-state index contributed by atoms with van der Waals surface area (Å²) in [5.74, 6) is 10.6. The number of aliphatic imine (C=N–C) groups is 2. The predicted octanol–water partition coefficient (Wildman–Crippen LogP) is 5.06. The Kier molecular flexibility index (Phi) is 5.98.